The highest BCUT2D eigenvalue weighted by Crippen LogP contribution is 2.29. The predicted molar refractivity (Wildman–Crippen MR) is 143 cm³/mol. The van der Waals surface area contributed by atoms with Gasteiger partial charge in [0.25, 0.3) is 0 Å². The molecule has 5 N–H and O–H groups in total. The molecule has 194 valence electrons. The number of rotatable bonds is 10. The fraction of sp³-hybridized carbons (Fsp3) is 0.185. The van der Waals surface area contributed by atoms with Crippen molar-refractivity contribution in [1.29, 1.82) is 0 Å². The van der Waals surface area contributed by atoms with Crippen LogP contribution in [-0.2, 0) is 14.3 Å². The van der Waals surface area contributed by atoms with Crippen molar-refractivity contribution in [2.75, 3.05) is 29.2 Å². The van der Waals surface area contributed by atoms with Crippen molar-refractivity contribution in [2.45, 2.75) is 24.0 Å². The standard InChI is InChI=1S/C27H28FN3O5S/c1-3-35-24(14-15-25(33)31-22-7-5-4-6-21(22)29)26(17-8-13-23(32)20(28)16-17)36-27(34)30-18-9-11-19(37-2)12-10-18/h4-16,24,26,32H,3,29H2,1-2H3,(H,30,34)(H,31,33)/b15-14+/t24-,26-/m0/s1. The van der Waals surface area contributed by atoms with Crippen LogP contribution in [0.3, 0.4) is 0 Å². The maximum Gasteiger partial charge on any atom is 0.412 e. The number of para-hydroxylation sites is 2. The lowest BCUT2D eigenvalue weighted by Gasteiger charge is -2.25. The van der Waals surface area contributed by atoms with Gasteiger partial charge in [0.2, 0.25) is 5.91 Å². The van der Waals surface area contributed by atoms with Crippen LogP contribution in [0.25, 0.3) is 0 Å². The summed E-state index contributed by atoms with van der Waals surface area (Å²) in [6, 6.07) is 17.5. The number of halogens is 1. The summed E-state index contributed by atoms with van der Waals surface area (Å²) < 4.78 is 25.6. The van der Waals surface area contributed by atoms with Crippen LogP contribution in [-0.4, -0.2) is 36.1 Å². The number of aromatic hydroxyl groups is 1. The highest BCUT2D eigenvalue weighted by atomic mass is 32.2. The van der Waals surface area contributed by atoms with Crippen molar-refractivity contribution in [1.82, 2.24) is 0 Å². The first-order valence-corrected chi connectivity index (χ1v) is 12.6. The summed E-state index contributed by atoms with van der Waals surface area (Å²) >= 11 is 1.56. The van der Waals surface area contributed by atoms with E-state index in [-0.39, 0.29) is 12.2 Å². The molecule has 0 radical (unpaired) electrons. The lowest BCUT2D eigenvalue weighted by molar-refractivity contribution is -0.112. The molecule has 0 spiro atoms. The van der Waals surface area contributed by atoms with Gasteiger partial charge in [-0.3, -0.25) is 10.1 Å². The monoisotopic (exact) mass is 525 g/mol. The Morgan fingerprint density at radius 3 is 2.49 bits per heavy atom. The van der Waals surface area contributed by atoms with Gasteiger partial charge in [-0.15, -0.1) is 11.8 Å². The van der Waals surface area contributed by atoms with Crippen LogP contribution in [0.15, 0.2) is 83.8 Å². The van der Waals surface area contributed by atoms with Crippen LogP contribution in [0.2, 0.25) is 0 Å². The molecule has 0 unspecified atom stereocenters. The minimum absolute atomic E-state index is 0.209. The van der Waals surface area contributed by atoms with Gasteiger partial charge in [0.15, 0.2) is 17.7 Å². The van der Waals surface area contributed by atoms with Gasteiger partial charge in [-0.1, -0.05) is 18.2 Å². The quantitative estimate of drug-likeness (QED) is 0.152. The van der Waals surface area contributed by atoms with E-state index in [2.05, 4.69) is 10.6 Å². The molecule has 0 aliphatic heterocycles. The number of nitrogen functional groups attached to an aromatic ring is 1. The van der Waals surface area contributed by atoms with Gasteiger partial charge in [-0.2, -0.15) is 0 Å². The number of nitrogens with two attached hydrogens (primary N) is 1. The Morgan fingerprint density at radius 2 is 1.84 bits per heavy atom. The third-order valence-corrected chi connectivity index (χ3v) is 5.93. The topological polar surface area (TPSA) is 123 Å². The highest BCUT2D eigenvalue weighted by Gasteiger charge is 2.27. The lowest BCUT2D eigenvalue weighted by Crippen LogP contribution is -2.28. The van der Waals surface area contributed by atoms with E-state index in [1.165, 1.54) is 18.2 Å². The van der Waals surface area contributed by atoms with Crippen molar-refractivity contribution >= 4 is 40.8 Å². The average molecular weight is 526 g/mol. The Labute approximate surface area is 218 Å². The number of hydrogen-bond donors (Lipinski definition) is 4. The molecule has 2 atom stereocenters. The first kappa shape index (κ1) is 27.6. The number of thioether (sulfide) groups is 1. The molecule has 0 aromatic heterocycles. The number of benzene rings is 3. The summed E-state index contributed by atoms with van der Waals surface area (Å²) in [5.41, 5.74) is 7.43. The average Bonchev–Trinajstić information content (AvgIpc) is 2.89. The molecule has 0 aliphatic carbocycles. The van der Waals surface area contributed by atoms with Crippen LogP contribution >= 0.6 is 11.8 Å². The zero-order valence-corrected chi connectivity index (χ0v) is 21.1. The highest BCUT2D eigenvalue weighted by molar-refractivity contribution is 7.98. The number of phenolic OH excluding ortho intramolecular Hbond substituents is 1. The van der Waals surface area contributed by atoms with E-state index in [0.29, 0.717) is 17.1 Å². The third-order valence-electron chi connectivity index (χ3n) is 5.18. The Morgan fingerprint density at radius 1 is 1.11 bits per heavy atom. The maximum absolute atomic E-state index is 14.2. The SMILES string of the molecule is CCO[C@@H](/C=C/C(=O)Nc1ccccc1N)[C@@H](OC(=O)Nc1ccc(SC)cc1)c1ccc(O)c(F)c1. The molecule has 0 aliphatic rings. The first-order valence-electron chi connectivity index (χ1n) is 11.4. The van der Waals surface area contributed by atoms with Gasteiger partial charge in [0.05, 0.1) is 11.4 Å². The van der Waals surface area contributed by atoms with Gasteiger partial charge in [-0.05, 0) is 73.3 Å². The molecule has 3 aromatic carbocycles. The normalized spacial score (nSPS) is 12.6. The molecule has 2 amide bonds. The van der Waals surface area contributed by atoms with Crippen molar-refractivity contribution in [3.05, 3.63) is 90.3 Å². The van der Waals surface area contributed by atoms with Crippen LogP contribution < -0.4 is 16.4 Å². The second-order valence-electron chi connectivity index (χ2n) is 7.75. The summed E-state index contributed by atoms with van der Waals surface area (Å²) in [5, 5.41) is 14.9. The molecule has 37 heavy (non-hydrogen) atoms. The van der Waals surface area contributed by atoms with Crippen molar-refractivity contribution in [3.8, 4) is 5.75 Å². The molecule has 0 bridgehead atoms. The van der Waals surface area contributed by atoms with Gasteiger partial charge in [-0.25, -0.2) is 9.18 Å². The summed E-state index contributed by atoms with van der Waals surface area (Å²) in [6.07, 6.45) is 1.65. The van der Waals surface area contributed by atoms with Crippen molar-refractivity contribution in [2.24, 2.45) is 0 Å². The molecule has 0 saturated carbocycles. The molecule has 3 aromatic rings. The summed E-state index contributed by atoms with van der Waals surface area (Å²) in [6.45, 7) is 1.94. The number of carbonyl (C=O) groups is 2. The largest absolute Gasteiger partial charge is 0.505 e. The second kappa shape index (κ2) is 13.3. The number of anilines is 3. The Bertz CT molecular complexity index is 1250. The fourth-order valence-electron chi connectivity index (χ4n) is 3.37. The van der Waals surface area contributed by atoms with Crippen LogP contribution in [0.5, 0.6) is 5.75 Å². The zero-order chi connectivity index (χ0) is 26.8. The molecule has 10 heteroatoms. The van der Waals surface area contributed by atoms with E-state index in [1.807, 2.05) is 18.4 Å². The molecule has 0 fully saturated rings. The first-order chi connectivity index (χ1) is 17.8. The number of amides is 2. The number of phenols is 1. The van der Waals surface area contributed by atoms with Gasteiger partial charge < -0.3 is 25.6 Å². The van der Waals surface area contributed by atoms with E-state index < -0.39 is 35.8 Å². The fourth-order valence-corrected chi connectivity index (χ4v) is 3.77. The van der Waals surface area contributed by atoms with Crippen LogP contribution in [0.4, 0.5) is 26.2 Å². The predicted octanol–water partition coefficient (Wildman–Crippen LogP) is 5.73. The molecular weight excluding hydrogens is 497 g/mol. The van der Waals surface area contributed by atoms with Gasteiger partial charge >= 0.3 is 6.09 Å². The number of hydrogen-bond acceptors (Lipinski definition) is 7. The summed E-state index contributed by atoms with van der Waals surface area (Å²) in [4.78, 5) is 26.3. The van der Waals surface area contributed by atoms with Gasteiger partial charge in [0.1, 0.15) is 6.10 Å². The molecule has 0 saturated heterocycles. The maximum atomic E-state index is 14.2. The van der Waals surface area contributed by atoms with E-state index in [1.54, 1.807) is 55.1 Å². The van der Waals surface area contributed by atoms with Crippen LogP contribution in [0.1, 0.15) is 18.6 Å². The molecular formula is C27H28FN3O5S. The van der Waals surface area contributed by atoms with Crippen molar-refractivity contribution < 1.29 is 28.6 Å². The summed E-state index contributed by atoms with van der Waals surface area (Å²) in [7, 11) is 0. The van der Waals surface area contributed by atoms with E-state index >= 15 is 0 Å². The minimum atomic E-state index is -1.15. The number of carbonyl (C=O) groups excluding carboxylic acids is 2. The Hall–Kier alpha value is -4.02. The van der Waals surface area contributed by atoms with E-state index in [4.69, 9.17) is 15.2 Å². The van der Waals surface area contributed by atoms with E-state index in [0.717, 1.165) is 17.0 Å². The smallest absolute Gasteiger partial charge is 0.412 e. The van der Waals surface area contributed by atoms with Crippen molar-refractivity contribution in [3.63, 3.8) is 0 Å². The number of nitrogens with one attached hydrogen (secondary N) is 2. The van der Waals surface area contributed by atoms with Crippen LogP contribution in [0, 0.1) is 5.82 Å². The molecule has 3 rings (SSSR count). The summed E-state index contributed by atoms with van der Waals surface area (Å²) in [5.74, 6) is -1.93. The lowest BCUT2D eigenvalue weighted by atomic mass is 10.0. The minimum Gasteiger partial charge on any atom is -0.505 e. The number of ether oxygens (including phenoxy) is 2. The Balaban J connectivity index is 1.83. The third kappa shape index (κ3) is 7.99. The molecule has 8 nitrogen and oxygen atoms in total. The zero-order valence-electron chi connectivity index (χ0n) is 20.3. The second-order valence-corrected chi connectivity index (χ2v) is 8.63. The van der Waals surface area contributed by atoms with Gasteiger partial charge in [0, 0.05) is 23.3 Å². The Kier molecular flexibility index (Phi) is 9.93. The molecule has 0 heterocycles. The van der Waals surface area contributed by atoms with E-state index in [9.17, 15) is 19.1 Å².